The fourth-order valence-electron chi connectivity index (χ4n) is 3.19. The normalized spacial score (nSPS) is 12.3. The van der Waals surface area contributed by atoms with Gasteiger partial charge < -0.3 is 15.0 Å². The summed E-state index contributed by atoms with van der Waals surface area (Å²) >= 11 is 8.54. The zero-order chi connectivity index (χ0) is 21.8. The van der Waals surface area contributed by atoms with Crippen LogP contribution in [0.1, 0.15) is 15.9 Å². The zero-order valence-corrected chi connectivity index (χ0v) is 18.7. The lowest BCUT2D eigenvalue weighted by Gasteiger charge is -2.16. The van der Waals surface area contributed by atoms with Gasteiger partial charge in [-0.3, -0.25) is 14.9 Å². The molecule has 8 heteroatoms. The van der Waals surface area contributed by atoms with Crippen LogP contribution >= 0.6 is 28.1 Å². The summed E-state index contributed by atoms with van der Waals surface area (Å²) in [5.41, 5.74) is 3.25. The van der Waals surface area contributed by atoms with E-state index < -0.39 is 0 Å². The number of hydrogen-bond acceptors (Lipinski definition) is 4. The van der Waals surface area contributed by atoms with E-state index in [-0.39, 0.29) is 23.5 Å². The zero-order valence-electron chi connectivity index (χ0n) is 16.3. The molecule has 0 spiro atoms. The molecule has 0 radical (unpaired) electrons. The molecular weight excluding hydrogens is 478 g/mol. The summed E-state index contributed by atoms with van der Waals surface area (Å²) in [6, 6.07) is 22.1. The Labute approximate surface area is 193 Å². The highest BCUT2D eigenvalue weighted by Crippen LogP contribution is 2.28. The highest BCUT2D eigenvalue weighted by atomic mass is 79.9. The number of amides is 2. The number of nitrogens with one attached hydrogen (secondary N) is 2. The van der Waals surface area contributed by atoms with E-state index in [1.807, 2.05) is 60.7 Å². The Kier molecular flexibility index (Phi) is 6.29. The van der Waals surface area contributed by atoms with Crippen LogP contribution in [0.4, 0.5) is 11.4 Å². The van der Waals surface area contributed by atoms with Crippen LogP contribution in [0.5, 0.6) is 5.75 Å². The van der Waals surface area contributed by atoms with Crippen molar-refractivity contribution in [2.45, 2.75) is 6.54 Å². The predicted octanol–water partition coefficient (Wildman–Crippen LogP) is 4.50. The molecule has 156 valence electrons. The first-order chi connectivity index (χ1) is 15.0. The van der Waals surface area contributed by atoms with Crippen molar-refractivity contribution in [1.82, 2.24) is 5.32 Å². The fourth-order valence-corrected chi connectivity index (χ4v) is 3.69. The molecule has 1 heterocycles. The predicted molar refractivity (Wildman–Crippen MR) is 127 cm³/mol. The van der Waals surface area contributed by atoms with Crippen LogP contribution in [0, 0.1) is 0 Å². The minimum atomic E-state index is -0.363. The van der Waals surface area contributed by atoms with E-state index in [1.165, 1.54) is 0 Å². The highest BCUT2D eigenvalue weighted by Gasteiger charge is 2.27. The SMILES string of the molecule is O=C(COc1ccc(Br)cc1)NC(=S)Nc1ccc(N2Cc3ccccc3C2=O)cc1. The summed E-state index contributed by atoms with van der Waals surface area (Å²) in [5.74, 6) is 0.216. The second-order valence-electron chi connectivity index (χ2n) is 6.84. The van der Waals surface area contributed by atoms with Gasteiger partial charge in [-0.1, -0.05) is 34.1 Å². The fraction of sp³-hybridized carbons (Fsp3) is 0.0870. The largest absolute Gasteiger partial charge is 0.484 e. The molecular formula is C23H18BrN3O3S. The number of halogens is 1. The number of benzene rings is 3. The van der Waals surface area contributed by atoms with E-state index in [0.29, 0.717) is 18.0 Å². The minimum Gasteiger partial charge on any atom is -0.484 e. The van der Waals surface area contributed by atoms with E-state index in [2.05, 4.69) is 26.6 Å². The first kappa shape index (κ1) is 21.0. The maximum absolute atomic E-state index is 12.6. The van der Waals surface area contributed by atoms with Crippen LogP contribution in [0.25, 0.3) is 0 Å². The molecule has 0 aliphatic carbocycles. The molecule has 3 aromatic rings. The summed E-state index contributed by atoms with van der Waals surface area (Å²) < 4.78 is 6.36. The van der Waals surface area contributed by atoms with Crippen LogP contribution in [-0.4, -0.2) is 23.5 Å². The van der Waals surface area contributed by atoms with E-state index in [1.54, 1.807) is 17.0 Å². The van der Waals surface area contributed by atoms with Crippen molar-refractivity contribution in [3.63, 3.8) is 0 Å². The molecule has 6 nitrogen and oxygen atoms in total. The van der Waals surface area contributed by atoms with Crippen molar-refractivity contribution in [1.29, 1.82) is 0 Å². The first-order valence-corrected chi connectivity index (χ1v) is 10.7. The Morgan fingerprint density at radius 2 is 1.74 bits per heavy atom. The number of fused-ring (bicyclic) bond motifs is 1. The Bertz CT molecular complexity index is 1130. The summed E-state index contributed by atoms with van der Waals surface area (Å²) in [7, 11) is 0. The third-order valence-corrected chi connectivity index (χ3v) is 5.43. The van der Waals surface area contributed by atoms with Gasteiger partial charge in [0.1, 0.15) is 5.75 Å². The molecule has 0 unspecified atom stereocenters. The number of carbonyl (C=O) groups is 2. The van der Waals surface area contributed by atoms with Gasteiger partial charge in [-0.25, -0.2) is 0 Å². The van der Waals surface area contributed by atoms with Crippen LogP contribution in [0.2, 0.25) is 0 Å². The van der Waals surface area contributed by atoms with Crippen LogP contribution in [0.3, 0.4) is 0 Å². The lowest BCUT2D eigenvalue weighted by molar-refractivity contribution is -0.121. The van der Waals surface area contributed by atoms with Crippen LogP contribution in [-0.2, 0) is 11.3 Å². The van der Waals surface area contributed by atoms with E-state index in [9.17, 15) is 9.59 Å². The van der Waals surface area contributed by atoms with E-state index >= 15 is 0 Å². The molecule has 0 saturated heterocycles. The van der Waals surface area contributed by atoms with Gasteiger partial charge in [-0.15, -0.1) is 0 Å². The highest BCUT2D eigenvalue weighted by molar-refractivity contribution is 9.10. The lowest BCUT2D eigenvalue weighted by Crippen LogP contribution is -2.37. The van der Waals surface area contributed by atoms with Crippen molar-refractivity contribution in [2.75, 3.05) is 16.8 Å². The number of hydrogen-bond donors (Lipinski definition) is 2. The molecule has 0 fully saturated rings. The topological polar surface area (TPSA) is 70.7 Å². The average Bonchev–Trinajstić information content (AvgIpc) is 3.10. The maximum atomic E-state index is 12.6. The van der Waals surface area contributed by atoms with Gasteiger partial charge in [-0.2, -0.15) is 0 Å². The van der Waals surface area contributed by atoms with Gasteiger partial charge in [0.25, 0.3) is 11.8 Å². The van der Waals surface area contributed by atoms with Crippen molar-refractivity contribution in [3.8, 4) is 5.75 Å². The van der Waals surface area contributed by atoms with E-state index in [4.69, 9.17) is 17.0 Å². The summed E-state index contributed by atoms with van der Waals surface area (Å²) in [5, 5.41) is 5.71. The van der Waals surface area contributed by atoms with Crippen molar-refractivity contribution in [3.05, 3.63) is 88.4 Å². The standard InChI is InChI=1S/C23H18BrN3O3S/c24-16-5-11-19(12-6-16)30-14-21(28)26-23(31)25-17-7-9-18(10-8-17)27-13-15-3-1-2-4-20(15)22(27)29/h1-12H,13-14H2,(H2,25,26,28,31). The molecule has 2 N–H and O–H groups in total. The minimum absolute atomic E-state index is 0.00938. The number of ether oxygens (including phenoxy) is 1. The molecule has 0 aromatic heterocycles. The van der Waals surface area contributed by atoms with Crippen molar-refractivity contribution in [2.24, 2.45) is 0 Å². The first-order valence-electron chi connectivity index (χ1n) is 9.48. The van der Waals surface area contributed by atoms with Crippen molar-refractivity contribution < 1.29 is 14.3 Å². The average molecular weight is 496 g/mol. The summed E-state index contributed by atoms with van der Waals surface area (Å²) in [4.78, 5) is 26.4. The summed E-state index contributed by atoms with van der Waals surface area (Å²) in [6.07, 6.45) is 0. The van der Waals surface area contributed by atoms with Crippen LogP contribution in [0.15, 0.2) is 77.3 Å². The van der Waals surface area contributed by atoms with E-state index in [0.717, 1.165) is 21.3 Å². The Hall–Kier alpha value is -3.23. The second kappa shape index (κ2) is 9.28. The second-order valence-corrected chi connectivity index (χ2v) is 8.16. The monoisotopic (exact) mass is 495 g/mol. The van der Waals surface area contributed by atoms with Gasteiger partial charge in [0.05, 0.1) is 6.54 Å². The number of carbonyl (C=O) groups excluding carboxylic acids is 2. The van der Waals surface area contributed by atoms with Gasteiger partial charge in [0.15, 0.2) is 11.7 Å². The molecule has 0 bridgehead atoms. The molecule has 4 rings (SSSR count). The lowest BCUT2D eigenvalue weighted by atomic mass is 10.1. The molecule has 2 amide bonds. The molecule has 1 aliphatic rings. The smallest absolute Gasteiger partial charge is 0.264 e. The number of anilines is 2. The molecule has 31 heavy (non-hydrogen) atoms. The number of thiocarbonyl (C=S) groups is 1. The molecule has 3 aromatic carbocycles. The van der Waals surface area contributed by atoms with Crippen LogP contribution < -0.4 is 20.3 Å². The Morgan fingerprint density at radius 3 is 2.45 bits per heavy atom. The number of rotatable bonds is 5. The Balaban J connectivity index is 1.29. The maximum Gasteiger partial charge on any atom is 0.264 e. The summed E-state index contributed by atoms with van der Waals surface area (Å²) in [6.45, 7) is 0.397. The third kappa shape index (κ3) is 5.10. The molecule has 1 aliphatic heterocycles. The number of nitrogens with zero attached hydrogens (tertiary/aromatic N) is 1. The quantitative estimate of drug-likeness (QED) is 0.509. The Morgan fingerprint density at radius 1 is 1.03 bits per heavy atom. The third-order valence-electron chi connectivity index (χ3n) is 4.69. The van der Waals surface area contributed by atoms with Gasteiger partial charge in [0, 0.05) is 21.4 Å². The molecule has 0 saturated carbocycles. The molecule has 0 atom stereocenters. The van der Waals surface area contributed by atoms with Gasteiger partial charge >= 0.3 is 0 Å². The van der Waals surface area contributed by atoms with Crippen molar-refractivity contribution >= 4 is 56.4 Å². The van der Waals surface area contributed by atoms with Gasteiger partial charge in [-0.05, 0) is 72.4 Å². The van der Waals surface area contributed by atoms with Gasteiger partial charge in [0.2, 0.25) is 0 Å².